The van der Waals surface area contributed by atoms with Gasteiger partial charge in [-0.3, -0.25) is 4.98 Å². The van der Waals surface area contributed by atoms with E-state index in [2.05, 4.69) is 35.5 Å². The molecule has 0 atom stereocenters. The Hall–Kier alpha value is -1.31. The number of nitrogens with zero attached hydrogens (tertiary/aromatic N) is 2. The van der Waals surface area contributed by atoms with E-state index in [1.54, 1.807) is 6.20 Å². The number of hydrogen-bond acceptors (Lipinski definition) is 1. The molecule has 2 nitrogen and oxygen atoms in total. The summed E-state index contributed by atoms with van der Waals surface area (Å²) in [6, 6.07) is 2.18. The Balaban J connectivity index is 2.62. The Morgan fingerprint density at radius 3 is 2.92 bits per heavy atom. The number of rotatable bonds is 1. The molecule has 0 unspecified atom stereocenters. The minimum absolute atomic E-state index is 0.588. The predicted octanol–water partition coefficient (Wildman–Crippen LogP) is 2.46. The number of hydrogen-bond donors (Lipinski definition) is 0. The van der Waals surface area contributed by atoms with Crippen LogP contribution in [-0.4, -0.2) is 9.38 Å². The van der Waals surface area contributed by atoms with Gasteiger partial charge in [0.05, 0.1) is 11.7 Å². The van der Waals surface area contributed by atoms with Gasteiger partial charge in [0.15, 0.2) is 0 Å². The maximum atomic E-state index is 4.06. The van der Waals surface area contributed by atoms with Gasteiger partial charge >= 0.3 is 0 Å². The van der Waals surface area contributed by atoms with Gasteiger partial charge in [-0.25, -0.2) is 0 Å². The van der Waals surface area contributed by atoms with Crippen LogP contribution in [0.5, 0.6) is 0 Å². The van der Waals surface area contributed by atoms with Crippen LogP contribution in [0.1, 0.15) is 25.3 Å². The second-order valence-corrected chi connectivity index (χ2v) is 3.34. The Labute approximate surface area is 71.9 Å². The Morgan fingerprint density at radius 2 is 2.25 bits per heavy atom. The summed E-state index contributed by atoms with van der Waals surface area (Å²) in [7, 11) is 0. The van der Waals surface area contributed by atoms with Crippen molar-refractivity contribution in [3.05, 3.63) is 36.4 Å². The molecule has 62 valence electrons. The van der Waals surface area contributed by atoms with Crippen LogP contribution in [0.2, 0.25) is 0 Å². The van der Waals surface area contributed by atoms with E-state index >= 15 is 0 Å². The monoisotopic (exact) mass is 160 g/mol. The highest BCUT2D eigenvalue weighted by Gasteiger charge is 2.01. The lowest BCUT2D eigenvalue weighted by atomic mass is 10.1. The van der Waals surface area contributed by atoms with Crippen molar-refractivity contribution in [2.45, 2.75) is 19.8 Å². The minimum atomic E-state index is 0.588. The Morgan fingerprint density at radius 1 is 1.42 bits per heavy atom. The lowest BCUT2D eigenvalue weighted by Crippen LogP contribution is -1.82. The summed E-state index contributed by atoms with van der Waals surface area (Å²) in [5, 5.41) is 0. The van der Waals surface area contributed by atoms with Crippen molar-refractivity contribution in [3.63, 3.8) is 0 Å². The van der Waals surface area contributed by atoms with Gasteiger partial charge in [0.25, 0.3) is 0 Å². The largest absolute Gasteiger partial charge is 0.321 e. The van der Waals surface area contributed by atoms with Gasteiger partial charge in [0.1, 0.15) is 0 Å². The molecule has 2 aromatic heterocycles. The van der Waals surface area contributed by atoms with E-state index in [9.17, 15) is 0 Å². The van der Waals surface area contributed by atoms with Gasteiger partial charge in [-0.05, 0) is 17.5 Å². The quantitative estimate of drug-likeness (QED) is 0.626. The minimum Gasteiger partial charge on any atom is -0.321 e. The standard InChI is InChI=1S/C10H12N2/c1-8(2)9-5-10-6-11-3-4-12(10)7-9/h3-8H,1-2H3. The predicted molar refractivity (Wildman–Crippen MR) is 49.3 cm³/mol. The van der Waals surface area contributed by atoms with E-state index < -0.39 is 0 Å². The average molecular weight is 160 g/mol. The summed E-state index contributed by atoms with van der Waals surface area (Å²) in [6.45, 7) is 4.39. The van der Waals surface area contributed by atoms with Crippen LogP contribution in [0.4, 0.5) is 0 Å². The Kier molecular flexibility index (Phi) is 1.61. The molecule has 0 spiro atoms. The maximum absolute atomic E-state index is 4.06. The van der Waals surface area contributed by atoms with Crippen LogP contribution in [0.3, 0.4) is 0 Å². The fraction of sp³-hybridized carbons (Fsp3) is 0.300. The lowest BCUT2D eigenvalue weighted by molar-refractivity contribution is 0.865. The van der Waals surface area contributed by atoms with Crippen molar-refractivity contribution in [2.24, 2.45) is 0 Å². The molecule has 2 heteroatoms. The van der Waals surface area contributed by atoms with Crippen molar-refractivity contribution in [1.29, 1.82) is 0 Å². The third-order valence-corrected chi connectivity index (χ3v) is 2.09. The normalized spacial score (nSPS) is 11.2. The van der Waals surface area contributed by atoms with Crippen LogP contribution in [0.25, 0.3) is 5.52 Å². The van der Waals surface area contributed by atoms with E-state index in [0.29, 0.717) is 5.92 Å². The van der Waals surface area contributed by atoms with E-state index in [-0.39, 0.29) is 0 Å². The fourth-order valence-electron chi connectivity index (χ4n) is 1.30. The zero-order valence-electron chi connectivity index (χ0n) is 7.36. The molecule has 2 rings (SSSR count). The highest BCUT2D eigenvalue weighted by molar-refractivity contribution is 5.48. The van der Waals surface area contributed by atoms with E-state index in [0.717, 1.165) is 0 Å². The molecule has 0 bridgehead atoms. The van der Waals surface area contributed by atoms with Crippen molar-refractivity contribution >= 4 is 5.52 Å². The first-order valence-electron chi connectivity index (χ1n) is 4.19. The van der Waals surface area contributed by atoms with Gasteiger partial charge in [-0.15, -0.1) is 0 Å². The molecule has 2 aromatic rings. The van der Waals surface area contributed by atoms with Gasteiger partial charge < -0.3 is 4.40 Å². The van der Waals surface area contributed by atoms with Crippen molar-refractivity contribution in [3.8, 4) is 0 Å². The third kappa shape index (κ3) is 1.09. The summed E-state index contributed by atoms with van der Waals surface area (Å²) in [5.41, 5.74) is 2.53. The van der Waals surface area contributed by atoms with Gasteiger partial charge in [0.2, 0.25) is 0 Å². The molecule has 0 fully saturated rings. The van der Waals surface area contributed by atoms with Crippen molar-refractivity contribution in [2.75, 3.05) is 0 Å². The molecule has 12 heavy (non-hydrogen) atoms. The molecule has 0 aromatic carbocycles. The molecule has 0 saturated carbocycles. The van der Waals surface area contributed by atoms with Crippen LogP contribution < -0.4 is 0 Å². The maximum Gasteiger partial charge on any atom is 0.0636 e. The van der Waals surface area contributed by atoms with Crippen molar-refractivity contribution < 1.29 is 0 Å². The average Bonchev–Trinajstić information content (AvgIpc) is 2.46. The molecule has 2 heterocycles. The molecule has 0 N–H and O–H groups in total. The second-order valence-electron chi connectivity index (χ2n) is 3.34. The highest BCUT2D eigenvalue weighted by Crippen LogP contribution is 2.17. The lowest BCUT2D eigenvalue weighted by Gasteiger charge is -1.96. The van der Waals surface area contributed by atoms with Crippen molar-refractivity contribution in [1.82, 2.24) is 9.38 Å². The van der Waals surface area contributed by atoms with Gasteiger partial charge in [0, 0.05) is 18.6 Å². The summed E-state index contributed by atoms with van der Waals surface area (Å²) < 4.78 is 2.10. The molecule has 0 saturated heterocycles. The molecular weight excluding hydrogens is 148 g/mol. The SMILES string of the molecule is CC(C)c1cc2cnccn2c1. The van der Waals surface area contributed by atoms with Gasteiger partial charge in [-0.1, -0.05) is 13.8 Å². The molecular formula is C10H12N2. The third-order valence-electron chi connectivity index (χ3n) is 2.09. The fourth-order valence-corrected chi connectivity index (χ4v) is 1.30. The molecule has 0 aliphatic carbocycles. The topological polar surface area (TPSA) is 17.3 Å². The first-order chi connectivity index (χ1) is 5.77. The number of fused-ring (bicyclic) bond motifs is 1. The first-order valence-corrected chi connectivity index (χ1v) is 4.19. The van der Waals surface area contributed by atoms with E-state index in [1.807, 2.05) is 12.4 Å². The summed E-state index contributed by atoms with van der Waals surface area (Å²) in [4.78, 5) is 4.06. The molecule has 0 radical (unpaired) electrons. The van der Waals surface area contributed by atoms with Gasteiger partial charge in [-0.2, -0.15) is 0 Å². The zero-order valence-corrected chi connectivity index (χ0v) is 7.36. The molecule has 0 amide bonds. The summed E-state index contributed by atoms with van der Waals surface area (Å²) in [5.74, 6) is 0.588. The smallest absolute Gasteiger partial charge is 0.0636 e. The first kappa shape index (κ1) is 7.35. The highest BCUT2D eigenvalue weighted by atomic mass is 14.9. The Bertz CT molecular complexity index is 354. The zero-order chi connectivity index (χ0) is 8.55. The van der Waals surface area contributed by atoms with Crippen LogP contribution in [-0.2, 0) is 0 Å². The van der Waals surface area contributed by atoms with E-state index in [1.165, 1.54) is 11.1 Å². The second kappa shape index (κ2) is 2.63. The number of aromatic nitrogens is 2. The molecule has 0 aliphatic rings. The van der Waals surface area contributed by atoms with Crippen LogP contribution in [0, 0.1) is 0 Å². The van der Waals surface area contributed by atoms with Crippen LogP contribution in [0.15, 0.2) is 30.9 Å². The van der Waals surface area contributed by atoms with Crippen LogP contribution >= 0.6 is 0 Å². The van der Waals surface area contributed by atoms with E-state index in [4.69, 9.17) is 0 Å². The molecule has 0 aliphatic heterocycles. The summed E-state index contributed by atoms with van der Waals surface area (Å²) >= 11 is 0. The summed E-state index contributed by atoms with van der Waals surface area (Å²) in [6.07, 6.45) is 7.81.